The van der Waals surface area contributed by atoms with E-state index in [1.807, 2.05) is 29.7 Å². The molecule has 0 saturated carbocycles. The van der Waals surface area contributed by atoms with Gasteiger partial charge in [-0.3, -0.25) is 9.59 Å². The van der Waals surface area contributed by atoms with E-state index < -0.39 is 5.91 Å². The summed E-state index contributed by atoms with van der Waals surface area (Å²) in [6.07, 6.45) is 1.58. The Morgan fingerprint density at radius 1 is 1.16 bits per heavy atom. The van der Waals surface area contributed by atoms with Gasteiger partial charge >= 0.3 is 0 Å². The Balaban J connectivity index is 1.97. The molecule has 1 amide bonds. The summed E-state index contributed by atoms with van der Waals surface area (Å²) in [7, 11) is 0. The van der Waals surface area contributed by atoms with Crippen LogP contribution in [0.15, 0.2) is 53.5 Å². The van der Waals surface area contributed by atoms with Crippen molar-refractivity contribution in [2.75, 3.05) is 0 Å². The van der Waals surface area contributed by atoms with Crippen molar-refractivity contribution in [3.63, 3.8) is 0 Å². The maximum atomic E-state index is 12.7. The summed E-state index contributed by atoms with van der Waals surface area (Å²) in [5.41, 5.74) is 1.29. The number of nitrogens with zero attached hydrogens (tertiary/aromatic N) is 1. The Labute approximate surface area is 155 Å². The first-order valence-corrected chi connectivity index (χ1v) is 8.61. The van der Waals surface area contributed by atoms with Crippen LogP contribution in [0.1, 0.15) is 22.8 Å². The zero-order chi connectivity index (χ0) is 18.0. The number of aryl methyl sites for hydroxylation is 1. The Kier molecular flexibility index (Phi) is 5.11. The molecule has 6 heteroatoms. The van der Waals surface area contributed by atoms with Crippen molar-refractivity contribution in [2.24, 2.45) is 0 Å². The van der Waals surface area contributed by atoms with E-state index in [0.29, 0.717) is 22.0 Å². The minimum absolute atomic E-state index is 0.0867. The molecule has 1 N–H and O–H groups in total. The fourth-order valence-corrected chi connectivity index (χ4v) is 3.08. The average Bonchev–Trinajstić information content (AvgIpc) is 2.61. The Bertz CT molecular complexity index is 1010. The number of hydrogen-bond donors (Lipinski definition) is 1. The molecule has 3 rings (SSSR count). The summed E-state index contributed by atoms with van der Waals surface area (Å²) in [6, 6.07) is 12.4. The van der Waals surface area contributed by atoms with E-state index >= 15 is 0 Å². The summed E-state index contributed by atoms with van der Waals surface area (Å²) in [5.74, 6) is -0.436. The normalized spacial score (nSPS) is 10.8. The van der Waals surface area contributed by atoms with Gasteiger partial charge < -0.3 is 9.88 Å². The number of fused-ring (bicyclic) bond motifs is 1. The Hall–Kier alpha value is -2.30. The van der Waals surface area contributed by atoms with Gasteiger partial charge in [0.25, 0.3) is 5.91 Å². The number of nitrogens with one attached hydrogen (secondary N) is 1. The third-order valence-electron chi connectivity index (χ3n) is 4.02. The molecule has 0 bridgehead atoms. The number of rotatable bonds is 4. The number of benzene rings is 2. The highest BCUT2D eigenvalue weighted by Gasteiger charge is 2.15. The van der Waals surface area contributed by atoms with Gasteiger partial charge in [-0.05, 0) is 36.8 Å². The van der Waals surface area contributed by atoms with Crippen LogP contribution >= 0.6 is 23.2 Å². The van der Waals surface area contributed by atoms with Gasteiger partial charge in [0, 0.05) is 34.7 Å². The Morgan fingerprint density at radius 3 is 2.64 bits per heavy atom. The van der Waals surface area contributed by atoms with Crippen LogP contribution < -0.4 is 10.7 Å². The van der Waals surface area contributed by atoms with Gasteiger partial charge in [-0.2, -0.15) is 0 Å². The maximum absolute atomic E-state index is 12.7. The second-order valence-corrected chi connectivity index (χ2v) is 6.44. The molecule has 128 valence electrons. The monoisotopic (exact) mass is 374 g/mol. The van der Waals surface area contributed by atoms with E-state index in [2.05, 4.69) is 5.32 Å². The molecule has 1 aromatic heterocycles. The number of amides is 1. The molecule has 0 atom stereocenters. The number of carbonyl (C=O) groups excluding carboxylic acids is 1. The van der Waals surface area contributed by atoms with Crippen LogP contribution in [0.25, 0.3) is 10.9 Å². The van der Waals surface area contributed by atoms with Crippen molar-refractivity contribution in [1.82, 2.24) is 9.88 Å². The molecule has 0 aliphatic heterocycles. The van der Waals surface area contributed by atoms with E-state index in [-0.39, 0.29) is 17.5 Å². The van der Waals surface area contributed by atoms with Gasteiger partial charge in [0.15, 0.2) is 0 Å². The van der Waals surface area contributed by atoms with Crippen LogP contribution in [0.3, 0.4) is 0 Å². The molecule has 0 aliphatic carbocycles. The van der Waals surface area contributed by atoms with Crippen molar-refractivity contribution >= 4 is 40.0 Å². The SMILES string of the molecule is CCn1cc(C(=O)NCc2ccccc2Cl)c(=O)c2cc(Cl)ccc21. The first-order chi connectivity index (χ1) is 12.0. The fourth-order valence-electron chi connectivity index (χ4n) is 2.71. The topological polar surface area (TPSA) is 51.1 Å². The molecule has 0 saturated heterocycles. The van der Waals surface area contributed by atoms with Gasteiger partial charge in [0.1, 0.15) is 5.56 Å². The molecule has 0 spiro atoms. The maximum Gasteiger partial charge on any atom is 0.257 e. The predicted octanol–water partition coefficient (Wildman–Crippen LogP) is 4.26. The third kappa shape index (κ3) is 3.55. The molecule has 3 aromatic rings. The first kappa shape index (κ1) is 17.5. The van der Waals surface area contributed by atoms with E-state index in [9.17, 15) is 9.59 Å². The molecule has 0 radical (unpaired) electrons. The van der Waals surface area contributed by atoms with E-state index in [1.54, 1.807) is 30.5 Å². The number of hydrogen-bond acceptors (Lipinski definition) is 2. The largest absolute Gasteiger partial charge is 0.348 e. The van der Waals surface area contributed by atoms with Crippen LogP contribution in [0.4, 0.5) is 0 Å². The molecule has 0 unspecified atom stereocenters. The van der Waals surface area contributed by atoms with Crippen LogP contribution in [-0.4, -0.2) is 10.5 Å². The summed E-state index contributed by atoms with van der Waals surface area (Å²) < 4.78 is 1.86. The van der Waals surface area contributed by atoms with Gasteiger partial charge in [-0.1, -0.05) is 41.4 Å². The van der Waals surface area contributed by atoms with Crippen molar-refractivity contribution < 1.29 is 4.79 Å². The van der Waals surface area contributed by atoms with E-state index in [0.717, 1.165) is 11.1 Å². The highest BCUT2D eigenvalue weighted by molar-refractivity contribution is 6.31. The van der Waals surface area contributed by atoms with Crippen molar-refractivity contribution in [2.45, 2.75) is 20.0 Å². The molecule has 1 heterocycles. The van der Waals surface area contributed by atoms with Crippen molar-refractivity contribution in [1.29, 1.82) is 0 Å². The van der Waals surface area contributed by atoms with E-state index in [1.165, 1.54) is 0 Å². The van der Waals surface area contributed by atoms with Crippen LogP contribution in [0.5, 0.6) is 0 Å². The van der Waals surface area contributed by atoms with Gasteiger partial charge in [-0.15, -0.1) is 0 Å². The smallest absolute Gasteiger partial charge is 0.257 e. The van der Waals surface area contributed by atoms with E-state index in [4.69, 9.17) is 23.2 Å². The zero-order valence-corrected chi connectivity index (χ0v) is 15.1. The summed E-state index contributed by atoms with van der Waals surface area (Å²) in [4.78, 5) is 25.3. The molecule has 4 nitrogen and oxygen atoms in total. The van der Waals surface area contributed by atoms with Crippen LogP contribution in [-0.2, 0) is 13.1 Å². The van der Waals surface area contributed by atoms with Gasteiger partial charge in [-0.25, -0.2) is 0 Å². The fraction of sp³-hybridized carbons (Fsp3) is 0.158. The lowest BCUT2D eigenvalue weighted by Crippen LogP contribution is -2.29. The summed E-state index contributed by atoms with van der Waals surface area (Å²) in [6.45, 7) is 2.82. The summed E-state index contributed by atoms with van der Waals surface area (Å²) in [5, 5.41) is 4.22. The first-order valence-electron chi connectivity index (χ1n) is 7.85. The van der Waals surface area contributed by atoms with Crippen LogP contribution in [0, 0.1) is 0 Å². The molecule has 0 fully saturated rings. The van der Waals surface area contributed by atoms with Crippen molar-refractivity contribution in [3.05, 3.63) is 80.1 Å². The lowest BCUT2D eigenvalue weighted by molar-refractivity contribution is 0.0949. The quantitative estimate of drug-likeness (QED) is 0.741. The van der Waals surface area contributed by atoms with Gasteiger partial charge in [0.2, 0.25) is 5.43 Å². The second-order valence-electron chi connectivity index (χ2n) is 5.59. The number of pyridine rings is 1. The Morgan fingerprint density at radius 2 is 1.92 bits per heavy atom. The third-order valence-corrected chi connectivity index (χ3v) is 4.63. The lowest BCUT2D eigenvalue weighted by Gasteiger charge is -2.12. The number of carbonyl (C=O) groups is 1. The molecular formula is C19H16Cl2N2O2. The molecule has 2 aromatic carbocycles. The molecule has 0 aliphatic rings. The van der Waals surface area contributed by atoms with Crippen molar-refractivity contribution in [3.8, 4) is 0 Å². The number of aromatic nitrogens is 1. The number of halogens is 2. The average molecular weight is 375 g/mol. The molecular weight excluding hydrogens is 359 g/mol. The second kappa shape index (κ2) is 7.30. The highest BCUT2D eigenvalue weighted by atomic mass is 35.5. The minimum atomic E-state index is -0.436. The van der Waals surface area contributed by atoms with Crippen LogP contribution in [0.2, 0.25) is 10.0 Å². The predicted molar refractivity (Wildman–Crippen MR) is 102 cm³/mol. The summed E-state index contributed by atoms with van der Waals surface area (Å²) >= 11 is 12.1. The standard InChI is InChI=1S/C19H16Cl2N2O2/c1-2-23-11-15(18(24)14-9-13(20)7-8-17(14)23)19(25)22-10-12-5-3-4-6-16(12)21/h3-9,11H,2,10H2,1H3,(H,22,25). The highest BCUT2D eigenvalue weighted by Crippen LogP contribution is 2.18. The zero-order valence-electron chi connectivity index (χ0n) is 13.6. The molecule has 25 heavy (non-hydrogen) atoms. The van der Waals surface area contributed by atoms with Gasteiger partial charge in [0.05, 0.1) is 5.52 Å². The lowest BCUT2D eigenvalue weighted by atomic mass is 10.1. The minimum Gasteiger partial charge on any atom is -0.348 e.